The lowest BCUT2D eigenvalue weighted by Crippen LogP contribution is -2.31. The molecule has 9 nitrogen and oxygen atoms in total. The summed E-state index contributed by atoms with van der Waals surface area (Å²) in [6.07, 6.45) is 0.400. The van der Waals surface area contributed by atoms with E-state index in [0.717, 1.165) is 21.1 Å². The Kier molecular flexibility index (Phi) is 4.60. The van der Waals surface area contributed by atoms with Gasteiger partial charge in [0.25, 0.3) is 11.1 Å². The number of carbonyl (C=O) groups excluding carboxylic acids is 1. The van der Waals surface area contributed by atoms with E-state index in [2.05, 4.69) is 9.97 Å². The number of nitrogens with one attached hydrogen (secondary N) is 2. The van der Waals surface area contributed by atoms with E-state index >= 15 is 0 Å². The summed E-state index contributed by atoms with van der Waals surface area (Å²) in [4.78, 5) is 57.6. The minimum Gasteiger partial charge on any atom is -0.453 e. The van der Waals surface area contributed by atoms with E-state index in [-0.39, 0.29) is 17.9 Å². The summed E-state index contributed by atoms with van der Waals surface area (Å²) in [5, 5.41) is 0.537. The van der Waals surface area contributed by atoms with Gasteiger partial charge in [-0.25, -0.2) is 9.78 Å². The van der Waals surface area contributed by atoms with Crippen LogP contribution in [0.15, 0.2) is 26.6 Å². The Hall–Kier alpha value is -3.01. The highest BCUT2D eigenvalue weighted by Crippen LogP contribution is 2.26. The first-order valence-electron chi connectivity index (χ1n) is 7.75. The monoisotopic (exact) mass is 376 g/mol. The summed E-state index contributed by atoms with van der Waals surface area (Å²) in [5.74, 6) is -0.473. The lowest BCUT2D eigenvalue weighted by molar-refractivity contribution is -0.149. The predicted molar refractivity (Wildman–Crippen MR) is 95.5 cm³/mol. The molecule has 0 saturated carbocycles. The molecule has 0 unspecified atom stereocenters. The zero-order valence-corrected chi connectivity index (χ0v) is 15.1. The number of aromatic nitrogens is 4. The number of carbonyl (C=O) groups is 1. The first-order chi connectivity index (χ1) is 12.3. The average molecular weight is 376 g/mol. The van der Waals surface area contributed by atoms with Crippen molar-refractivity contribution in [2.75, 3.05) is 0 Å². The quantitative estimate of drug-likeness (QED) is 0.647. The third-order valence-corrected chi connectivity index (χ3v) is 5.05. The second kappa shape index (κ2) is 6.71. The molecule has 136 valence electrons. The molecule has 0 bridgehead atoms. The SMILES string of the molecule is Cc1sc2nc([C@@H](C)OC(=O)Cn3ccc(=O)[nH]c3=O)[nH]c(=O)c2c1C. The van der Waals surface area contributed by atoms with Crippen LogP contribution in [-0.2, 0) is 16.1 Å². The van der Waals surface area contributed by atoms with Gasteiger partial charge in [0.15, 0.2) is 11.9 Å². The molecule has 0 radical (unpaired) electrons. The standard InChI is InChI=1S/C16H16N4O5S/c1-7-9(3)26-15-12(7)14(23)18-13(19-15)8(2)25-11(22)6-20-5-4-10(21)17-16(20)24/h4-5,8H,6H2,1-3H3,(H,17,21,24)(H,18,19,23)/t8-/m1/s1. The minimum absolute atomic E-state index is 0.228. The van der Waals surface area contributed by atoms with Crippen LogP contribution in [0.2, 0.25) is 0 Å². The van der Waals surface area contributed by atoms with Crippen molar-refractivity contribution in [1.82, 2.24) is 19.5 Å². The van der Waals surface area contributed by atoms with Crippen LogP contribution < -0.4 is 16.8 Å². The maximum atomic E-state index is 12.3. The largest absolute Gasteiger partial charge is 0.453 e. The Bertz CT molecular complexity index is 1170. The van der Waals surface area contributed by atoms with Crippen molar-refractivity contribution >= 4 is 27.5 Å². The van der Waals surface area contributed by atoms with Gasteiger partial charge in [0.05, 0.1) is 5.39 Å². The maximum absolute atomic E-state index is 12.3. The number of aromatic amines is 2. The van der Waals surface area contributed by atoms with Crippen LogP contribution in [0.5, 0.6) is 0 Å². The number of hydrogen-bond donors (Lipinski definition) is 2. The fraction of sp³-hybridized carbons (Fsp3) is 0.312. The molecule has 3 aromatic heterocycles. The van der Waals surface area contributed by atoms with E-state index in [4.69, 9.17) is 4.74 Å². The number of rotatable bonds is 4. The van der Waals surface area contributed by atoms with Gasteiger partial charge >= 0.3 is 11.7 Å². The smallest absolute Gasteiger partial charge is 0.328 e. The molecule has 0 amide bonds. The van der Waals surface area contributed by atoms with Gasteiger partial charge in [-0.3, -0.25) is 23.9 Å². The summed E-state index contributed by atoms with van der Waals surface area (Å²) in [5.41, 5.74) is -0.664. The molecule has 0 fully saturated rings. The van der Waals surface area contributed by atoms with Crippen LogP contribution >= 0.6 is 11.3 Å². The molecule has 10 heteroatoms. The summed E-state index contributed by atoms with van der Waals surface area (Å²) < 4.78 is 6.26. The summed E-state index contributed by atoms with van der Waals surface area (Å²) in [6.45, 7) is 4.97. The van der Waals surface area contributed by atoms with Gasteiger partial charge in [-0.15, -0.1) is 11.3 Å². The molecule has 0 aliphatic carbocycles. The van der Waals surface area contributed by atoms with Gasteiger partial charge in [0.2, 0.25) is 0 Å². The summed E-state index contributed by atoms with van der Waals surface area (Å²) in [6, 6.07) is 1.13. The van der Waals surface area contributed by atoms with Gasteiger partial charge in [-0.2, -0.15) is 0 Å². The van der Waals surface area contributed by atoms with Crippen LogP contribution in [0.4, 0.5) is 0 Å². The number of hydrogen-bond acceptors (Lipinski definition) is 7. The van der Waals surface area contributed by atoms with E-state index in [1.807, 2.05) is 18.8 Å². The number of fused-ring (bicyclic) bond motifs is 1. The molecule has 0 aromatic carbocycles. The highest BCUT2D eigenvalue weighted by Gasteiger charge is 2.18. The molecule has 26 heavy (non-hydrogen) atoms. The van der Waals surface area contributed by atoms with Crippen molar-refractivity contribution in [3.63, 3.8) is 0 Å². The highest BCUT2D eigenvalue weighted by molar-refractivity contribution is 7.18. The van der Waals surface area contributed by atoms with E-state index in [1.165, 1.54) is 17.5 Å². The molecule has 0 aliphatic rings. The van der Waals surface area contributed by atoms with Crippen molar-refractivity contribution in [3.8, 4) is 0 Å². The molecule has 0 spiro atoms. The number of H-pyrrole nitrogens is 2. The lowest BCUT2D eigenvalue weighted by Gasteiger charge is -2.13. The van der Waals surface area contributed by atoms with Crippen LogP contribution in [0, 0.1) is 13.8 Å². The van der Waals surface area contributed by atoms with Crippen molar-refractivity contribution < 1.29 is 9.53 Å². The second-order valence-corrected chi connectivity index (χ2v) is 6.99. The molecule has 0 aliphatic heterocycles. The van der Waals surface area contributed by atoms with Gasteiger partial charge in [0, 0.05) is 17.1 Å². The molecule has 0 saturated heterocycles. The first kappa shape index (κ1) is 17.8. The Balaban J connectivity index is 1.81. The second-order valence-electron chi connectivity index (χ2n) is 5.78. The van der Waals surface area contributed by atoms with Crippen molar-refractivity contribution in [2.24, 2.45) is 0 Å². The fourth-order valence-electron chi connectivity index (χ4n) is 2.46. The first-order valence-corrected chi connectivity index (χ1v) is 8.57. The van der Waals surface area contributed by atoms with Crippen molar-refractivity contribution in [2.45, 2.75) is 33.4 Å². The topological polar surface area (TPSA) is 127 Å². The van der Waals surface area contributed by atoms with Crippen molar-refractivity contribution in [1.29, 1.82) is 0 Å². The molecule has 3 rings (SSSR count). The van der Waals surface area contributed by atoms with Crippen LogP contribution in [0.3, 0.4) is 0 Å². The molecule has 1 atom stereocenters. The zero-order valence-electron chi connectivity index (χ0n) is 14.3. The van der Waals surface area contributed by atoms with Crippen LogP contribution in [0.25, 0.3) is 10.2 Å². The number of nitrogens with zero attached hydrogens (tertiary/aromatic N) is 2. The van der Waals surface area contributed by atoms with E-state index in [0.29, 0.717) is 10.2 Å². The zero-order chi connectivity index (χ0) is 19.0. The molecular formula is C16H16N4O5S. The highest BCUT2D eigenvalue weighted by atomic mass is 32.1. The predicted octanol–water partition coefficient (Wildman–Crippen LogP) is 0.756. The molecule has 3 aromatic rings. The summed E-state index contributed by atoms with van der Waals surface area (Å²) in [7, 11) is 0. The number of thiophene rings is 1. The Labute approximate surface area is 150 Å². The molecule has 2 N–H and O–H groups in total. The van der Waals surface area contributed by atoms with Gasteiger partial charge in [-0.1, -0.05) is 0 Å². The van der Waals surface area contributed by atoms with Gasteiger partial charge in [0.1, 0.15) is 11.4 Å². The van der Waals surface area contributed by atoms with Gasteiger partial charge in [-0.05, 0) is 26.3 Å². The Morgan fingerprint density at radius 3 is 2.73 bits per heavy atom. The molecular weight excluding hydrogens is 360 g/mol. The van der Waals surface area contributed by atoms with Crippen LogP contribution in [0.1, 0.15) is 29.3 Å². The maximum Gasteiger partial charge on any atom is 0.328 e. The number of esters is 1. The van der Waals surface area contributed by atoms with Gasteiger partial charge < -0.3 is 9.72 Å². The number of ether oxygens (including phenoxy) is 1. The lowest BCUT2D eigenvalue weighted by atomic mass is 10.2. The van der Waals surface area contributed by atoms with Crippen molar-refractivity contribution in [3.05, 3.63) is 59.7 Å². The Morgan fingerprint density at radius 1 is 1.31 bits per heavy atom. The van der Waals surface area contributed by atoms with Crippen LogP contribution in [-0.4, -0.2) is 25.5 Å². The summed E-state index contributed by atoms with van der Waals surface area (Å²) >= 11 is 1.40. The minimum atomic E-state index is -0.805. The fourth-order valence-corrected chi connectivity index (χ4v) is 3.50. The van der Waals surface area contributed by atoms with E-state index in [9.17, 15) is 19.2 Å². The third-order valence-electron chi connectivity index (χ3n) is 3.95. The van der Waals surface area contributed by atoms with E-state index in [1.54, 1.807) is 6.92 Å². The number of aryl methyl sites for hydroxylation is 2. The molecule has 3 heterocycles. The average Bonchev–Trinajstić information content (AvgIpc) is 2.85. The normalized spacial score (nSPS) is 12.3. The third kappa shape index (κ3) is 3.36. The Morgan fingerprint density at radius 2 is 2.04 bits per heavy atom. The van der Waals surface area contributed by atoms with E-state index < -0.39 is 23.3 Å².